The Bertz CT molecular complexity index is 959. The number of benzene rings is 2. The normalized spacial score (nSPS) is 10.1. The summed E-state index contributed by atoms with van der Waals surface area (Å²) < 4.78 is 13.6. The van der Waals surface area contributed by atoms with Crippen LogP contribution in [0.15, 0.2) is 60.7 Å². The SMILES string of the molecule is CC(=O)Nc1ccc(Nc2ccc(NC(=O)c3ccccc3F)nn2)cc1. The highest BCUT2D eigenvalue weighted by Gasteiger charge is 2.11. The number of rotatable bonds is 5. The van der Waals surface area contributed by atoms with Crippen LogP contribution in [-0.2, 0) is 4.79 Å². The summed E-state index contributed by atoms with van der Waals surface area (Å²) in [5.41, 5.74) is 1.37. The molecule has 7 nitrogen and oxygen atoms in total. The van der Waals surface area contributed by atoms with E-state index in [-0.39, 0.29) is 17.3 Å². The van der Waals surface area contributed by atoms with Crippen molar-refractivity contribution in [2.45, 2.75) is 6.92 Å². The Morgan fingerprint density at radius 2 is 1.44 bits per heavy atom. The Labute approximate surface area is 154 Å². The van der Waals surface area contributed by atoms with Crippen LogP contribution in [0, 0.1) is 5.82 Å². The molecule has 136 valence electrons. The second-order valence-electron chi connectivity index (χ2n) is 5.62. The number of nitrogens with zero attached hydrogens (tertiary/aromatic N) is 2. The molecule has 2 amide bonds. The van der Waals surface area contributed by atoms with Gasteiger partial charge in [-0.1, -0.05) is 12.1 Å². The Balaban J connectivity index is 1.62. The summed E-state index contributed by atoms with van der Waals surface area (Å²) >= 11 is 0. The standard InChI is InChI=1S/C19H16FN5O2/c1-12(26)21-13-6-8-14(9-7-13)22-17-10-11-18(25-24-17)23-19(27)15-4-2-3-5-16(15)20/h2-11H,1H3,(H,21,26)(H,22,24)(H,23,25,27). The summed E-state index contributed by atoms with van der Waals surface area (Å²) in [5, 5.41) is 16.1. The van der Waals surface area contributed by atoms with E-state index in [1.165, 1.54) is 25.1 Å². The molecule has 3 aromatic rings. The summed E-state index contributed by atoms with van der Waals surface area (Å²) in [6.07, 6.45) is 0. The molecule has 0 aliphatic rings. The van der Waals surface area contributed by atoms with Gasteiger partial charge in [0.1, 0.15) is 5.82 Å². The first-order valence-electron chi connectivity index (χ1n) is 8.05. The lowest BCUT2D eigenvalue weighted by molar-refractivity contribution is -0.114. The number of hydrogen-bond donors (Lipinski definition) is 3. The van der Waals surface area contributed by atoms with Crippen LogP contribution >= 0.6 is 0 Å². The van der Waals surface area contributed by atoms with Gasteiger partial charge in [0.25, 0.3) is 5.91 Å². The molecule has 2 aromatic carbocycles. The predicted octanol–water partition coefficient (Wildman–Crippen LogP) is 3.57. The molecule has 8 heteroatoms. The van der Waals surface area contributed by atoms with Crippen molar-refractivity contribution in [1.29, 1.82) is 0 Å². The van der Waals surface area contributed by atoms with Gasteiger partial charge in [-0.15, -0.1) is 10.2 Å². The quantitative estimate of drug-likeness (QED) is 0.642. The number of hydrogen-bond acceptors (Lipinski definition) is 5. The van der Waals surface area contributed by atoms with Gasteiger partial charge in [0.05, 0.1) is 5.56 Å². The fourth-order valence-electron chi connectivity index (χ4n) is 2.28. The van der Waals surface area contributed by atoms with Crippen LogP contribution in [0.1, 0.15) is 17.3 Å². The fraction of sp³-hybridized carbons (Fsp3) is 0.0526. The van der Waals surface area contributed by atoms with E-state index in [4.69, 9.17) is 0 Å². The molecular weight excluding hydrogens is 349 g/mol. The summed E-state index contributed by atoms with van der Waals surface area (Å²) in [6, 6.07) is 15.9. The second kappa shape index (κ2) is 8.05. The fourth-order valence-corrected chi connectivity index (χ4v) is 2.28. The van der Waals surface area contributed by atoms with Crippen LogP contribution in [0.3, 0.4) is 0 Å². The molecule has 0 unspecified atom stereocenters. The van der Waals surface area contributed by atoms with E-state index in [1.54, 1.807) is 42.5 Å². The third-order valence-corrected chi connectivity index (χ3v) is 3.50. The number of carbonyl (C=O) groups excluding carboxylic acids is 2. The highest BCUT2D eigenvalue weighted by molar-refractivity contribution is 6.03. The number of amides is 2. The van der Waals surface area contributed by atoms with Gasteiger partial charge < -0.3 is 16.0 Å². The Morgan fingerprint density at radius 3 is 2.07 bits per heavy atom. The largest absolute Gasteiger partial charge is 0.339 e. The lowest BCUT2D eigenvalue weighted by Crippen LogP contribution is -2.15. The third kappa shape index (κ3) is 4.85. The summed E-state index contributed by atoms with van der Waals surface area (Å²) in [5.74, 6) is -0.684. The van der Waals surface area contributed by atoms with Crippen LogP contribution in [0.5, 0.6) is 0 Å². The zero-order chi connectivity index (χ0) is 19.2. The molecule has 27 heavy (non-hydrogen) atoms. The monoisotopic (exact) mass is 365 g/mol. The zero-order valence-corrected chi connectivity index (χ0v) is 14.4. The Hall–Kier alpha value is -3.81. The Kier molecular flexibility index (Phi) is 5.36. The lowest BCUT2D eigenvalue weighted by atomic mass is 10.2. The first-order valence-corrected chi connectivity index (χ1v) is 8.05. The van der Waals surface area contributed by atoms with Crippen molar-refractivity contribution in [2.24, 2.45) is 0 Å². The smallest absolute Gasteiger partial charge is 0.259 e. The van der Waals surface area contributed by atoms with E-state index in [9.17, 15) is 14.0 Å². The number of nitrogens with one attached hydrogen (secondary N) is 3. The van der Waals surface area contributed by atoms with Crippen molar-refractivity contribution in [2.75, 3.05) is 16.0 Å². The molecule has 0 aliphatic carbocycles. The van der Waals surface area contributed by atoms with Crippen molar-refractivity contribution in [3.63, 3.8) is 0 Å². The van der Waals surface area contributed by atoms with Gasteiger partial charge in [0, 0.05) is 18.3 Å². The van der Waals surface area contributed by atoms with E-state index in [2.05, 4.69) is 26.1 Å². The topological polar surface area (TPSA) is 96.0 Å². The molecule has 0 radical (unpaired) electrons. The molecule has 1 heterocycles. The zero-order valence-electron chi connectivity index (χ0n) is 14.4. The van der Waals surface area contributed by atoms with Gasteiger partial charge in [-0.2, -0.15) is 0 Å². The third-order valence-electron chi connectivity index (χ3n) is 3.50. The van der Waals surface area contributed by atoms with Crippen LogP contribution in [0.25, 0.3) is 0 Å². The molecule has 0 fully saturated rings. The average molecular weight is 365 g/mol. The minimum absolute atomic E-state index is 0.0687. The van der Waals surface area contributed by atoms with Crippen molar-refractivity contribution in [3.8, 4) is 0 Å². The van der Waals surface area contributed by atoms with Crippen LogP contribution in [0.4, 0.5) is 27.4 Å². The van der Waals surface area contributed by atoms with Gasteiger partial charge in [-0.3, -0.25) is 9.59 Å². The molecule has 0 spiro atoms. The first-order chi connectivity index (χ1) is 13.0. The van der Waals surface area contributed by atoms with Crippen LogP contribution in [0.2, 0.25) is 0 Å². The molecule has 0 aliphatic heterocycles. The molecule has 0 saturated carbocycles. The minimum atomic E-state index is -0.607. The molecular formula is C19H16FN5O2. The van der Waals surface area contributed by atoms with E-state index in [1.807, 2.05) is 0 Å². The number of anilines is 4. The highest BCUT2D eigenvalue weighted by atomic mass is 19.1. The molecule has 0 bridgehead atoms. The van der Waals surface area contributed by atoms with Gasteiger partial charge in [-0.05, 0) is 48.5 Å². The molecule has 1 aromatic heterocycles. The average Bonchev–Trinajstić information content (AvgIpc) is 2.65. The van der Waals surface area contributed by atoms with Gasteiger partial charge >= 0.3 is 0 Å². The number of carbonyl (C=O) groups is 2. The van der Waals surface area contributed by atoms with Crippen molar-refractivity contribution < 1.29 is 14.0 Å². The van der Waals surface area contributed by atoms with E-state index < -0.39 is 11.7 Å². The Morgan fingerprint density at radius 1 is 0.815 bits per heavy atom. The summed E-state index contributed by atoms with van der Waals surface area (Å²) in [7, 11) is 0. The molecule has 3 N–H and O–H groups in total. The molecule has 3 rings (SSSR count). The van der Waals surface area contributed by atoms with E-state index in [0.717, 1.165) is 5.69 Å². The minimum Gasteiger partial charge on any atom is -0.339 e. The van der Waals surface area contributed by atoms with E-state index in [0.29, 0.717) is 11.5 Å². The van der Waals surface area contributed by atoms with Crippen molar-refractivity contribution in [1.82, 2.24) is 10.2 Å². The van der Waals surface area contributed by atoms with Gasteiger partial charge in [0.15, 0.2) is 11.6 Å². The van der Waals surface area contributed by atoms with Gasteiger partial charge in [-0.25, -0.2) is 4.39 Å². The van der Waals surface area contributed by atoms with Gasteiger partial charge in [0.2, 0.25) is 5.91 Å². The highest BCUT2D eigenvalue weighted by Crippen LogP contribution is 2.18. The van der Waals surface area contributed by atoms with Crippen molar-refractivity contribution >= 4 is 34.8 Å². The maximum atomic E-state index is 13.6. The van der Waals surface area contributed by atoms with Crippen LogP contribution in [-0.4, -0.2) is 22.0 Å². The maximum Gasteiger partial charge on any atom is 0.259 e. The lowest BCUT2D eigenvalue weighted by Gasteiger charge is -2.08. The second-order valence-corrected chi connectivity index (χ2v) is 5.62. The van der Waals surface area contributed by atoms with E-state index >= 15 is 0 Å². The van der Waals surface area contributed by atoms with Crippen molar-refractivity contribution in [3.05, 3.63) is 72.0 Å². The van der Waals surface area contributed by atoms with Crippen LogP contribution < -0.4 is 16.0 Å². The predicted molar refractivity (Wildman–Crippen MR) is 100 cm³/mol. The number of halogens is 1. The summed E-state index contributed by atoms with van der Waals surface area (Å²) in [4.78, 5) is 23.1. The molecule has 0 atom stereocenters. The number of aromatic nitrogens is 2. The molecule has 0 saturated heterocycles. The first kappa shape index (κ1) is 18.0. The maximum absolute atomic E-state index is 13.6. The summed E-state index contributed by atoms with van der Waals surface area (Å²) in [6.45, 7) is 1.44.